The highest BCUT2D eigenvalue weighted by Crippen LogP contribution is 2.20. The Kier molecular flexibility index (Phi) is 5.08. The van der Waals surface area contributed by atoms with E-state index in [1.165, 1.54) is 11.8 Å². The zero-order valence-electron chi connectivity index (χ0n) is 9.50. The summed E-state index contributed by atoms with van der Waals surface area (Å²) in [5.41, 5.74) is -0.723. The molecular formula is C11H11F2NO3S. The van der Waals surface area contributed by atoms with Gasteiger partial charge < -0.3 is 10.4 Å². The molecule has 4 nitrogen and oxygen atoms in total. The number of nitrogens with one attached hydrogen (secondary N) is 1. The molecule has 0 atom stereocenters. The molecule has 0 bridgehead atoms. The van der Waals surface area contributed by atoms with Gasteiger partial charge in [-0.3, -0.25) is 4.79 Å². The predicted molar refractivity (Wildman–Crippen MR) is 64.9 cm³/mol. The summed E-state index contributed by atoms with van der Waals surface area (Å²) in [6.45, 7) is 0. The molecule has 1 aromatic carbocycles. The molecule has 0 aromatic heterocycles. The Balaban J connectivity index is 2.96. The van der Waals surface area contributed by atoms with Gasteiger partial charge in [-0.25, -0.2) is 13.6 Å². The van der Waals surface area contributed by atoms with Gasteiger partial charge in [-0.05, 0) is 12.3 Å². The zero-order valence-corrected chi connectivity index (χ0v) is 10.3. The first-order valence-electron chi connectivity index (χ1n) is 4.96. The number of amides is 1. The van der Waals surface area contributed by atoms with E-state index in [2.05, 4.69) is 5.32 Å². The van der Waals surface area contributed by atoms with Crippen molar-refractivity contribution in [2.75, 3.05) is 17.3 Å². The molecule has 0 aliphatic heterocycles. The first-order chi connectivity index (χ1) is 8.45. The molecule has 0 heterocycles. The van der Waals surface area contributed by atoms with Gasteiger partial charge in [0.05, 0.1) is 11.3 Å². The highest BCUT2D eigenvalue weighted by Gasteiger charge is 2.16. The molecule has 1 rings (SSSR count). The lowest BCUT2D eigenvalue weighted by Gasteiger charge is -2.08. The van der Waals surface area contributed by atoms with Gasteiger partial charge in [-0.1, -0.05) is 0 Å². The molecule has 0 radical (unpaired) electrons. The second-order valence-corrected chi connectivity index (χ2v) is 4.39. The second-order valence-electron chi connectivity index (χ2n) is 3.41. The van der Waals surface area contributed by atoms with E-state index in [-0.39, 0.29) is 12.1 Å². The maximum atomic E-state index is 13.0. The Morgan fingerprint density at radius 1 is 1.33 bits per heavy atom. The molecule has 7 heteroatoms. The second kappa shape index (κ2) is 6.34. The molecule has 1 amide bonds. The van der Waals surface area contributed by atoms with Crippen LogP contribution < -0.4 is 5.32 Å². The van der Waals surface area contributed by atoms with E-state index in [0.717, 1.165) is 0 Å². The summed E-state index contributed by atoms with van der Waals surface area (Å²) in [6, 6.07) is 1.21. The highest BCUT2D eigenvalue weighted by atomic mass is 32.2. The third kappa shape index (κ3) is 3.69. The summed E-state index contributed by atoms with van der Waals surface area (Å²) >= 11 is 1.45. The topological polar surface area (TPSA) is 66.4 Å². The number of carbonyl (C=O) groups excluding carboxylic acids is 1. The van der Waals surface area contributed by atoms with E-state index < -0.39 is 29.1 Å². The van der Waals surface area contributed by atoms with Crippen LogP contribution in [-0.2, 0) is 4.79 Å². The molecule has 0 unspecified atom stereocenters. The summed E-state index contributed by atoms with van der Waals surface area (Å²) in [5.74, 6) is -3.81. The Bertz CT molecular complexity index is 480. The molecule has 0 spiro atoms. The number of carboxylic acid groups (broad SMARTS) is 1. The lowest BCUT2D eigenvalue weighted by atomic mass is 10.1. The normalized spacial score (nSPS) is 10.2. The summed E-state index contributed by atoms with van der Waals surface area (Å²) in [5, 5.41) is 11.1. The van der Waals surface area contributed by atoms with Gasteiger partial charge >= 0.3 is 5.97 Å². The Labute approximate surface area is 106 Å². The Hall–Kier alpha value is -1.63. The third-order valence-electron chi connectivity index (χ3n) is 2.10. The number of halogens is 2. The molecule has 0 saturated heterocycles. The lowest BCUT2D eigenvalue weighted by molar-refractivity contribution is -0.115. The average Bonchev–Trinajstić information content (AvgIpc) is 2.30. The van der Waals surface area contributed by atoms with Crippen LogP contribution in [0.5, 0.6) is 0 Å². The third-order valence-corrected chi connectivity index (χ3v) is 2.71. The van der Waals surface area contributed by atoms with Crippen molar-refractivity contribution in [2.24, 2.45) is 0 Å². The van der Waals surface area contributed by atoms with Crippen LogP contribution in [0, 0.1) is 11.6 Å². The minimum atomic E-state index is -1.44. The summed E-state index contributed by atoms with van der Waals surface area (Å²) in [6.07, 6.45) is 1.98. The van der Waals surface area contributed by atoms with Gasteiger partial charge in [0.2, 0.25) is 5.91 Å². The predicted octanol–water partition coefficient (Wildman–Crippen LogP) is 2.35. The van der Waals surface area contributed by atoms with Crippen LogP contribution >= 0.6 is 11.8 Å². The maximum Gasteiger partial charge on any atom is 0.337 e. The molecule has 0 aliphatic carbocycles. The van der Waals surface area contributed by atoms with Crippen molar-refractivity contribution >= 4 is 29.3 Å². The monoisotopic (exact) mass is 275 g/mol. The lowest BCUT2D eigenvalue weighted by Crippen LogP contribution is -2.15. The number of carboxylic acids is 1. The van der Waals surface area contributed by atoms with Crippen molar-refractivity contribution in [3.63, 3.8) is 0 Å². The first kappa shape index (κ1) is 14.4. The summed E-state index contributed by atoms with van der Waals surface area (Å²) < 4.78 is 25.9. The van der Waals surface area contributed by atoms with Crippen molar-refractivity contribution in [1.29, 1.82) is 0 Å². The molecular weight excluding hydrogens is 264 g/mol. The Morgan fingerprint density at radius 2 is 1.94 bits per heavy atom. The maximum absolute atomic E-state index is 13.0. The SMILES string of the molecule is CSCCC(=O)Nc1cc(F)c(F)cc1C(=O)O. The summed E-state index contributed by atoms with van der Waals surface area (Å²) in [7, 11) is 0. The number of aromatic carboxylic acids is 1. The van der Waals surface area contributed by atoms with E-state index >= 15 is 0 Å². The average molecular weight is 275 g/mol. The standard InChI is InChI=1S/C11H11F2NO3S/c1-18-3-2-10(15)14-9-5-8(13)7(12)4-6(9)11(16)17/h4-5H,2-3H2,1H3,(H,14,15)(H,16,17). The van der Waals surface area contributed by atoms with Crippen molar-refractivity contribution in [3.8, 4) is 0 Å². The molecule has 98 valence electrons. The van der Waals surface area contributed by atoms with Gasteiger partial charge in [0.1, 0.15) is 0 Å². The van der Waals surface area contributed by atoms with Gasteiger partial charge in [-0.15, -0.1) is 0 Å². The number of carbonyl (C=O) groups is 2. The van der Waals surface area contributed by atoms with Crippen LogP contribution in [0.15, 0.2) is 12.1 Å². The molecule has 0 aliphatic rings. The fourth-order valence-electron chi connectivity index (χ4n) is 1.23. The van der Waals surface area contributed by atoms with Crippen molar-refractivity contribution in [3.05, 3.63) is 29.3 Å². The van der Waals surface area contributed by atoms with E-state index in [1.54, 1.807) is 0 Å². The van der Waals surface area contributed by atoms with E-state index in [0.29, 0.717) is 17.9 Å². The number of rotatable bonds is 5. The first-order valence-corrected chi connectivity index (χ1v) is 6.36. The van der Waals surface area contributed by atoms with Crippen molar-refractivity contribution in [1.82, 2.24) is 0 Å². The van der Waals surface area contributed by atoms with E-state index in [1.807, 2.05) is 6.26 Å². The van der Waals surface area contributed by atoms with Gasteiger partial charge in [0, 0.05) is 18.2 Å². The molecule has 0 fully saturated rings. The number of hydrogen-bond acceptors (Lipinski definition) is 3. The van der Waals surface area contributed by atoms with Crippen LogP contribution in [0.2, 0.25) is 0 Å². The van der Waals surface area contributed by atoms with Gasteiger partial charge in [-0.2, -0.15) is 11.8 Å². The smallest absolute Gasteiger partial charge is 0.337 e. The Morgan fingerprint density at radius 3 is 2.50 bits per heavy atom. The minimum Gasteiger partial charge on any atom is -0.478 e. The summed E-state index contributed by atoms with van der Waals surface area (Å²) in [4.78, 5) is 22.2. The molecule has 0 saturated carbocycles. The van der Waals surface area contributed by atoms with Crippen LogP contribution in [0.3, 0.4) is 0 Å². The zero-order chi connectivity index (χ0) is 13.7. The van der Waals surface area contributed by atoms with Crippen LogP contribution in [0.1, 0.15) is 16.8 Å². The van der Waals surface area contributed by atoms with Gasteiger partial charge in [0.25, 0.3) is 0 Å². The van der Waals surface area contributed by atoms with Crippen molar-refractivity contribution < 1.29 is 23.5 Å². The van der Waals surface area contributed by atoms with Crippen LogP contribution in [0.4, 0.5) is 14.5 Å². The van der Waals surface area contributed by atoms with E-state index in [9.17, 15) is 18.4 Å². The molecule has 2 N–H and O–H groups in total. The fourth-order valence-corrected chi connectivity index (χ4v) is 1.62. The fraction of sp³-hybridized carbons (Fsp3) is 0.273. The number of thioether (sulfide) groups is 1. The van der Waals surface area contributed by atoms with E-state index in [4.69, 9.17) is 5.11 Å². The van der Waals surface area contributed by atoms with Gasteiger partial charge in [0.15, 0.2) is 11.6 Å². The number of benzene rings is 1. The van der Waals surface area contributed by atoms with Crippen LogP contribution in [0.25, 0.3) is 0 Å². The quantitative estimate of drug-likeness (QED) is 0.865. The largest absolute Gasteiger partial charge is 0.478 e. The highest BCUT2D eigenvalue weighted by molar-refractivity contribution is 7.98. The van der Waals surface area contributed by atoms with Crippen molar-refractivity contribution in [2.45, 2.75) is 6.42 Å². The molecule has 18 heavy (non-hydrogen) atoms. The number of anilines is 1. The molecule has 1 aromatic rings. The van der Waals surface area contributed by atoms with Crippen LogP contribution in [-0.4, -0.2) is 29.0 Å². The number of hydrogen-bond donors (Lipinski definition) is 2. The minimum absolute atomic E-state index is 0.166.